The van der Waals surface area contributed by atoms with Crippen molar-refractivity contribution in [1.82, 2.24) is 9.80 Å². The molecule has 1 aromatic carbocycles. The average Bonchev–Trinajstić information content (AvgIpc) is 3.11. The van der Waals surface area contributed by atoms with Crippen LogP contribution in [0.15, 0.2) is 24.3 Å². The van der Waals surface area contributed by atoms with Crippen molar-refractivity contribution in [3.05, 3.63) is 29.8 Å². The Balaban J connectivity index is 1.51. The number of nitrogens with zero attached hydrogens (tertiary/aromatic N) is 2. The molecule has 1 saturated heterocycles. The number of piperazine rings is 1. The van der Waals surface area contributed by atoms with E-state index in [2.05, 4.69) is 9.80 Å². The topological polar surface area (TPSA) is 70.1 Å². The highest BCUT2D eigenvalue weighted by molar-refractivity contribution is 5.79. The second kappa shape index (κ2) is 7.87. The molecule has 1 heterocycles. The van der Waals surface area contributed by atoms with Gasteiger partial charge in [0.05, 0.1) is 6.54 Å². The summed E-state index contributed by atoms with van der Waals surface area (Å²) in [5.41, 5.74) is 1.09. The molecule has 1 aliphatic heterocycles. The van der Waals surface area contributed by atoms with Gasteiger partial charge in [-0.1, -0.05) is 25.0 Å². The largest absolute Gasteiger partial charge is 0.479 e. The van der Waals surface area contributed by atoms with Gasteiger partial charge in [-0.2, -0.15) is 0 Å². The molecule has 0 spiro atoms. The van der Waals surface area contributed by atoms with E-state index in [0.717, 1.165) is 38.0 Å². The first-order chi connectivity index (χ1) is 12.0. The number of carbonyl (C=O) groups is 2. The number of carboxylic acids is 1. The second-order valence-electron chi connectivity index (χ2n) is 6.98. The molecule has 6 nitrogen and oxygen atoms in total. The first-order valence-electron chi connectivity index (χ1n) is 9.03. The van der Waals surface area contributed by atoms with Gasteiger partial charge < -0.3 is 14.7 Å². The summed E-state index contributed by atoms with van der Waals surface area (Å²) in [5.74, 6) is -0.197. The molecule has 1 aliphatic carbocycles. The summed E-state index contributed by atoms with van der Waals surface area (Å²) < 4.78 is 5.33. The molecular weight excluding hydrogens is 320 g/mol. The Morgan fingerprint density at radius 1 is 1.24 bits per heavy atom. The van der Waals surface area contributed by atoms with E-state index in [1.165, 1.54) is 19.8 Å². The molecule has 1 amide bonds. The van der Waals surface area contributed by atoms with Gasteiger partial charge in [0.15, 0.2) is 6.10 Å². The van der Waals surface area contributed by atoms with Crippen molar-refractivity contribution in [2.24, 2.45) is 0 Å². The van der Waals surface area contributed by atoms with Gasteiger partial charge in [0.2, 0.25) is 5.91 Å². The Morgan fingerprint density at radius 3 is 2.52 bits per heavy atom. The zero-order chi connectivity index (χ0) is 17.8. The lowest BCUT2D eigenvalue weighted by Crippen LogP contribution is -2.53. The number of hydrogen-bond donors (Lipinski definition) is 1. The van der Waals surface area contributed by atoms with Crippen molar-refractivity contribution in [3.63, 3.8) is 0 Å². The monoisotopic (exact) mass is 346 g/mol. The minimum absolute atomic E-state index is 0.244. The van der Waals surface area contributed by atoms with Gasteiger partial charge in [0.25, 0.3) is 0 Å². The summed E-state index contributed by atoms with van der Waals surface area (Å²) in [6.45, 7) is 4.42. The number of ether oxygens (including phenoxy) is 1. The molecule has 25 heavy (non-hydrogen) atoms. The molecule has 1 atom stereocenters. The van der Waals surface area contributed by atoms with Gasteiger partial charge in [0, 0.05) is 25.7 Å². The second-order valence-corrected chi connectivity index (χ2v) is 6.98. The quantitative estimate of drug-likeness (QED) is 0.854. The molecule has 1 saturated carbocycles. The Labute approximate surface area is 148 Å². The fourth-order valence-corrected chi connectivity index (χ4v) is 3.66. The van der Waals surface area contributed by atoms with E-state index in [0.29, 0.717) is 18.3 Å². The van der Waals surface area contributed by atoms with Crippen molar-refractivity contribution in [2.75, 3.05) is 19.6 Å². The van der Waals surface area contributed by atoms with E-state index < -0.39 is 12.1 Å². The van der Waals surface area contributed by atoms with Crippen LogP contribution >= 0.6 is 0 Å². The minimum Gasteiger partial charge on any atom is -0.479 e. The zero-order valence-corrected chi connectivity index (χ0v) is 14.7. The van der Waals surface area contributed by atoms with Crippen LogP contribution in [0.4, 0.5) is 0 Å². The van der Waals surface area contributed by atoms with Gasteiger partial charge in [0.1, 0.15) is 5.75 Å². The summed E-state index contributed by atoms with van der Waals surface area (Å²) in [7, 11) is 0. The third kappa shape index (κ3) is 4.51. The fraction of sp³-hybridized carbons (Fsp3) is 0.579. The average molecular weight is 346 g/mol. The third-order valence-corrected chi connectivity index (χ3v) is 5.09. The molecule has 0 aromatic heterocycles. The first kappa shape index (κ1) is 17.7. The van der Waals surface area contributed by atoms with Gasteiger partial charge in [-0.05, 0) is 37.5 Å². The normalized spacial score (nSPS) is 20.7. The van der Waals surface area contributed by atoms with Crippen LogP contribution in [0.1, 0.15) is 38.2 Å². The summed E-state index contributed by atoms with van der Waals surface area (Å²) in [6.07, 6.45) is 3.93. The number of hydrogen-bond acceptors (Lipinski definition) is 4. The molecule has 0 radical (unpaired) electrons. The number of carboxylic acid groups (broad SMARTS) is 1. The van der Waals surface area contributed by atoms with Crippen LogP contribution in [0.25, 0.3) is 0 Å². The fourth-order valence-electron chi connectivity index (χ4n) is 3.66. The van der Waals surface area contributed by atoms with Crippen LogP contribution in [0.5, 0.6) is 5.75 Å². The van der Waals surface area contributed by atoms with Crippen LogP contribution in [-0.2, 0) is 16.1 Å². The van der Waals surface area contributed by atoms with Crippen LogP contribution in [0.2, 0.25) is 0 Å². The van der Waals surface area contributed by atoms with Gasteiger partial charge in [-0.25, -0.2) is 4.79 Å². The summed E-state index contributed by atoms with van der Waals surface area (Å²) in [4.78, 5) is 27.5. The lowest BCUT2D eigenvalue weighted by molar-refractivity contribution is -0.144. The number of carbonyl (C=O) groups excluding carboxylic acids is 1. The van der Waals surface area contributed by atoms with E-state index in [1.807, 2.05) is 12.1 Å². The number of rotatable bonds is 6. The van der Waals surface area contributed by atoms with Crippen molar-refractivity contribution in [3.8, 4) is 5.75 Å². The Kier molecular flexibility index (Phi) is 5.58. The minimum atomic E-state index is -0.984. The molecular formula is C19H26N2O4. The molecule has 0 bridgehead atoms. The molecule has 136 valence electrons. The van der Waals surface area contributed by atoms with E-state index in [1.54, 1.807) is 12.1 Å². The number of aliphatic carboxylic acids is 1. The molecule has 1 aromatic rings. The van der Waals surface area contributed by atoms with E-state index in [-0.39, 0.29) is 5.91 Å². The molecule has 2 fully saturated rings. The van der Waals surface area contributed by atoms with Crippen LogP contribution in [0.3, 0.4) is 0 Å². The Morgan fingerprint density at radius 2 is 1.92 bits per heavy atom. The molecule has 3 rings (SSSR count). The van der Waals surface area contributed by atoms with Crippen molar-refractivity contribution in [2.45, 2.75) is 51.3 Å². The van der Waals surface area contributed by atoms with Crippen LogP contribution < -0.4 is 4.74 Å². The van der Waals surface area contributed by atoms with Gasteiger partial charge in [-0.3, -0.25) is 9.69 Å². The lowest BCUT2D eigenvalue weighted by atomic mass is 10.1. The van der Waals surface area contributed by atoms with Crippen molar-refractivity contribution >= 4 is 11.9 Å². The zero-order valence-electron chi connectivity index (χ0n) is 14.7. The smallest absolute Gasteiger partial charge is 0.344 e. The van der Waals surface area contributed by atoms with E-state index in [9.17, 15) is 9.59 Å². The number of benzene rings is 1. The highest BCUT2D eigenvalue weighted by Crippen LogP contribution is 2.25. The highest BCUT2D eigenvalue weighted by Gasteiger charge is 2.31. The molecule has 1 N–H and O–H groups in total. The van der Waals surface area contributed by atoms with Crippen LogP contribution in [-0.4, -0.2) is 58.6 Å². The summed E-state index contributed by atoms with van der Waals surface area (Å²) >= 11 is 0. The summed E-state index contributed by atoms with van der Waals surface area (Å²) in [5, 5.41) is 8.87. The molecule has 6 heteroatoms. The van der Waals surface area contributed by atoms with Gasteiger partial charge in [-0.15, -0.1) is 0 Å². The van der Waals surface area contributed by atoms with Crippen molar-refractivity contribution < 1.29 is 19.4 Å². The maximum absolute atomic E-state index is 12.4. The molecule has 0 unspecified atom stereocenters. The van der Waals surface area contributed by atoms with E-state index in [4.69, 9.17) is 9.84 Å². The maximum Gasteiger partial charge on any atom is 0.344 e. The predicted molar refractivity (Wildman–Crippen MR) is 93.4 cm³/mol. The lowest BCUT2D eigenvalue weighted by Gasteiger charge is -2.37. The SMILES string of the molecule is C[C@@H](Oc1ccc(CN2CCN(C3CCCC3)C(=O)C2)cc1)C(=O)O. The maximum atomic E-state index is 12.4. The molecule has 2 aliphatic rings. The summed E-state index contributed by atoms with van der Waals surface area (Å²) in [6, 6.07) is 7.88. The Bertz CT molecular complexity index is 610. The van der Waals surface area contributed by atoms with Crippen molar-refractivity contribution in [1.29, 1.82) is 0 Å². The standard InChI is InChI=1S/C19H26N2O4/c1-14(19(23)24)25-17-8-6-15(7-9-17)12-20-10-11-21(18(22)13-20)16-4-2-3-5-16/h6-9,14,16H,2-5,10-13H2,1H3,(H,23,24)/t14-/m1/s1. The van der Waals surface area contributed by atoms with Crippen LogP contribution in [0, 0.1) is 0 Å². The predicted octanol–water partition coefficient (Wildman–Crippen LogP) is 2.13. The number of amides is 1. The first-order valence-corrected chi connectivity index (χ1v) is 9.03. The highest BCUT2D eigenvalue weighted by atomic mass is 16.5. The Hall–Kier alpha value is -2.08. The van der Waals surface area contributed by atoms with E-state index >= 15 is 0 Å². The van der Waals surface area contributed by atoms with Gasteiger partial charge >= 0.3 is 5.97 Å². The third-order valence-electron chi connectivity index (χ3n) is 5.09.